The molecule has 0 radical (unpaired) electrons. The van der Waals surface area contributed by atoms with Crippen LogP contribution in [0.5, 0.6) is 0 Å². The summed E-state index contributed by atoms with van der Waals surface area (Å²) in [5.41, 5.74) is 10.5. The number of allylic oxidation sites excluding steroid dienone is 2. The van der Waals surface area contributed by atoms with Gasteiger partial charge in [-0.15, -0.1) is 23.5 Å². The average Bonchev–Trinajstić information content (AvgIpc) is 3.68. The molecule has 2 aromatic heterocycles. The average molecular weight is 773 g/mol. The van der Waals surface area contributed by atoms with Crippen molar-refractivity contribution < 1.29 is 0 Å². The minimum Gasteiger partial charge on any atom is -0.287 e. The van der Waals surface area contributed by atoms with E-state index in [1.165, 1.54) is 11.1 Å². The van der Waals surface area contributed by atoms with E-state index in [9.17, 15) is 9.59 Å². The van der Waals surface area contributed by atoms with Gasteiger partial charge in [-0.3, -0.25) is 18.3 Å². The summed E-state index contributed by atoms with van der Waals surface area (Å²) in [7, 11) is 0. The number of rotatable bonds is 12. The summed E-state index contributed by atoms with van der Waals surface area (Å²) in [5.74, 6) is 1.77. The summed E-state index contributed by atoms with van der Waals surface area (Å²) in [4.78, 5) is 26.5. The van der Waals surface area contributed by atoms with Crippen LogP contribution in [0.15, 0.2) is 190 Å². The minimum atomic E-state index is -0.000820. The van der Waals surface area contributed by atoms with Crippen LogP contribution in [0.4, 0.5) is 0 Å². The molecule has 0 atom stereocenters. The molecule has 6 nitrogen and oxygen atoms in total. The van der Waals surface area contributed by atoms with Crippen LogP contribution >= 0.6 is 23.5 Å². The topological polar surface area (TPSA) is 53.9 Å². The fourth-order valence-electron chi connectivity index (χ4n) is 6.71. The van der Waals surface area contributed by atoms with Gasteiger partial charge in [0.05, 0.1) is 35.2 Å². The van der Waals surface area contributed by atoms with Gasteiger partial charge < -0.3 is 0 Å². The summed E-state index contributed by atoms with van der Waals surface area (Å²) >= 11 is 3.42. The Bertz CT molecular complexity index is 2500. The Labute approximate surface area is 336 Å². The monoisotopic (exact) mass is 772 g/mol. The van der Waals surface area contributed by atoms with E-state index in [-0.39, 0.29) is 11.4 Å². The Morgan fingerprint density at radius 3 is 1.04 bits per heavy atom. The van der Waals surface area contributed by atoms with Crippen LogP contribution < -0.4 is 11.4 Å². The quantitative estimate of drug-likeness (QED) is 0.124. The highest BCUT2D eigenvalue weighted by Crippen LogP contribution is 2.23. The third-order valence-corrected chi connectivity index (χ3v) is 11.5. The fraction of sp³-hybridized carbons (Fsp3) is 0.125. The predicted octanol–water partition coefficient (Wildman–Crippen LogP) is 11.2. The molecular formula is C48H44N4O2S2. The zero-order valence-corrected chi connectivity index (χ0v) is 33.2. The van der Waals surface area contributed by atoms with E-state index in [1.807, 2.05) is 153 Å². The molecule has 2 heterocycles. The van der Waals surface area contributed by atoms with E-state index in [4.69, 9.17) is 0 Å². The fourth-order valence-corrected chi connectivity index (χ4v) is 8.34. The van der Waals surface area contributed by atoms with Crippen molar-refractivity contribution in [2.24, 2.45) is 0 Å². The molecule has 0 aliphatic rings. The number of hydrogen-bond donors (Lipinski definition) is 0. The zero-order valence-electron chi connectivity index (χ0n) is 31.6. The lowest BCUT2D eigenvalue weighted by Gasteiger charge is -2.04. The number of fused-ring (bicyclic) bond motifs is 2. The van der Waals surface area contributed by atoms with Crippen molar-refractivity contribution in [2.45, 2.75) is 38.4 Å². The molecule has 8 rings (SSSR count). The van der Waals surface area contributed by atoms with E-state index in [1.54, 1.807) is 23.5 Å². The molecule has 280 valence electrons. The Hall–Kier alpha value is -5.96. The smallest absolute Gasteiger partial charge is 0.287 e. The number of benzene rings is 6. The van der Waals surface area contributed by atoms with E-state index < -0.39 is 0 Å². The van der Waals surface area contributed by atoms with E-state index in [0.29, 0.717) is 13.1 Å². The molecule has 0 spiro atoms. The van der Waals surface area contributed by atoms with Gasteiger partial charge in [-0.2, -0.15) is 0 Å². The molecule has 0 amide bonds. The van der Waals surface area contributed by atoms with Crippen molar-refractivity contribution in [3.8, 4) is 0 Å². The number of thioether (sulfide) groups is 2. The molecule has 0 saturated carbocycles. The van der Waals surface area contributed by atoms with Crippen LogP contribution in [0.3, 0.4) is 0 Å². The van der Waals surface area contributed by atoms with Gasteiger partial charge >= 0.3 is 11.4 Å². The number of hydrogen-bond acceptors (Lipinski definition) is 4. The Morgan fingerprint density at radius 1 is 0.411 bits per heavy atom. The standard InChI is InChI=1S/2C24H22N2OS/c2*1-19(17-28-18-21-12-6-3-7-13-21)26-23-15-9-8-14-22(23)25(24(26)27)16-20-10-4-2-5-11-20/h2*2-15,17H,16,18H2,1H3/b19-17+;19-17-. The van der Waals surface area contributed by atoms with Gasteiger partial charge in [0.1, 0.15) is 0 Å². The van der Waals surface area contributed by atoms with Gasteiger partial charge in [0, 0.05) is 22.9 Å². The molecule has 8 aromatic rings. The van der Waals surface area contributed by atoms with Gasteiger partial charge in [0.25, 0.3) is 0 Å². The lowest BCUT2D eigenvalue weighted by Crippen LogP contribution is -2.23. The maximum Gasteiger partial charge on any atom is 0.333 e. The van der Waals surface area contributed by atoms with E-state index in [2.05, 4.69) is 59.3 Å². The van der Waals surface area contributed by atoms with Crippen LogP contribution in [0, 0.1) is 0 Å². The van der Waals surface area contributed by atoms with Crippen LogP contribution in [0.1, 0.15) is 36.1 Å². The number of para-hydroxylation sites is 4. The highest BCUT2D eigenvalue weighted by Gasteiger charge is 2.15. The van der Waals surface area contributed by atoms with E-state index >= 15 is 0 Å². The Kier molecular flexibility index (Phi) is 12.7. The predicted molar refractivity (Wildman–Crippen MR) is 239 cm³/mol. The number of nitrogens with zero attached hydrogens (tertiary/aromatic N) is 4. The van der Waals surface area contributed by atoms with Crippen LogP contribution in [-0.2, 0) is 24.6 Å². The number of aromatic nitrogens is 4. The Morgan fingerprint density at radius 2 is 0.696 bits per heavy atom. The van der Waals surface area contributed by atoms with Crippen LogP contribution in [0.2, 0.25) is 0 Å². The van der Waals surface area contributed by atoms with Gasteiger partial charge in [-0.25, -0.2) is 9.59 Å². The summed E-state index contributed by atoms with van der Waals surface area (Å²) in [6.07, 6.45) is 0. The third-order valence-electron chi connectivity index (χ3n) is 9.44. The first-order valence-corrected chi connectivity index (χ1v) is 20.7. The lowest BCUT2D eigenvalue weighted by atomic mass is 10.2. The molecule has 0 saturated heterocycles. The van der Waals surface area contributed by atoms with E-state index in [0.717, 1.165) is 56.1 Å². The second kappa shape index (κ2) is 18.6. The molecule has 56 heavy (non-hydrogen) atoms. The number of imidazole rings is 2. The highest BCUT2D eigenvalue weighted by atomic mass is 32.2. The van der Waals surface area contributed by atoms with Gasteiger partial charge in [0.15, 0.2) is 0 Å². The molecule has 8 heteroatoms. The van der Waals surface area contributed by atoms with Crippen LogP contribution in [-0.4, -0.2) is 18.3 Å². The van der Waals surface area contributed by atoms with Crippen molar-refractivity contribution >= 4 is 57.0 Å². The largest absolute Gasteiger partial charge is 0.333 e. The van der Waals surface area contributed by atoms with Gasteiger partial charge in [-0.05, 0) is 71.2 Å². The third kappa shape index (κ3) is 9.11. The Balaban J connectivity index is 0.000000172. The SMILES string of the molecule is C/C(=C/SCc1ccccc1)n1c(=O)n(Cc2ccccc2)c2ccccc21.C/C(=C\SCc1ccccc1)n1c(=O)n(Cc2ccccc2)c2ccccc21. The van der Waals surface area contributed by atoms with Crippen LogP contribution in [0.25, 0.3) is 33.5 Å². The minimum absolute atomic E-state index is 0.000820. The maximum absolute atomic E-state index is 13.2. The van der Waals surface area contributed by atoms with Gasteiger partial charge in [-0.1, -0.05) is 146 Å². The van der Waals surface area contributed by atoms with Crippen molar-refractivity contribution in [2.75, 3.05) is 0 Å². The molecule has 0 aliphatic carbocycles. The molecule has 0 aliphatic heterocycles. The first-order chi connectivity index (χ1) is 27.5. The summed E-state index contributed by atoms with van der Waals surface area (Å²) < 4.78 is 7.33. The zero-order chi connectivity index (χ0) is 38.7. The normalized spacial score (nSPS) is 11.8. The van der Waals surface area contributed by atoms with Crippen molar-refractivity contribution in [1.82, 2.24) is 18.3 Å². The van der Waals surface area contributed by atoms with Gasteiger partial charge in [0.2, 0.25) is 0 Å². The summed E-state index contributed by atoms with van der Waals surface area (Å²) in [5, 5.41) is 4.15. The molecule has 0 unspecified atom stereocenters. The molecular weight excluding hydrogens is 729 g/mol. The first kappa shape index (κ1) is 38.3. The molecule has 0 N–H and O–H groups in total. The summed E-state index contributed by atoms with van der Waals surface area (Å²) in [6, 6.07) is 56.9. The summed E-state index contributed by atoms with van der Waals surface area (Å²) in [6.45, 7) is 5.13. The molecule has 0 fully saturated rings. The second-order valence-corrected chi connectivity index (χ2v) is 15.2. The first-order valence-electron chi connectivity index (χ1n) is 18.6. The second-order valence-electron chi connectivity index (χ2n) is 13.5. The highest BCUT2D eigenvalue weighted by molar-refractivity contribution is 8.01. The van der Waals surface area contributed by atoms with Crippen molar-refractivity contribution in [3.63, 3.8) is 0 Å². The lowest BCUT2D eigenvalue weighted by molar-refractivity contribution is 0.766. The molecule has 6 aromatic carbocycles. The maximum atomic E-state index is 13.2. The van der Waals surface area contributed by atoms with Crippen molar-refractivity contribution in [1.29, 1.82) is 0 Å². The van der Waals surface area contributed by atoms with Crippen molar-refractivity contribution in [3.05, 3.63) is 224 Å². The molecule has 0 bridgehead atoms.